The smallest absolute Gasteiger partial charge is 0.218 e. The Balaban J connectivity index is 1.57. The van der Waals surface area contributed by atoms with E-state index in [0.29, 0.717) is 6.61 Å². The molecule has 134 valence electrons. The average Bonchev–Trinajstić information content (AvgIpc) is 2.84. The highest BCUT2D eigenvalue weighted by Crippen LogP contribution is 2.28. The molecule has 0 fully saturated rings. The van der Waals surface area contributed by atoms with Gasteiger partial charge in [-0.15, -0.1) is 0 Å². The Morgan fingerprint density at radius 2 is 1.88 bits per heavy atom. The van der Waals surface area contributed by atoms with Crippen LogP contribution in [0.2, 0.25) is 0 Å². The van der Waals surface area contributed by atoms with Gasteiger partial charge in [-0.1, -0.05) is 36.4 Å². The fourth-order valence-electron chi connectivity index (χ4n) is 3.70. The number of rotatable bonds is 3. The van der Waals surface area contributed by atoms with E-state index in [2.05, 4.69) is 68.1 Å². The largest absolute Gasteiger partial charge is 0.476 e. The van der Waals surface area contributed by atoms with Gasteiger partial charge < -0.3 is 4.74 Å². The second-order valence-corrected chi connectivity index (χ2v) is 7.33. The van der Waals surface area contributed by atoms with E-state index >= 15 is 0 Å². The Morgan fingerprint density at radius 3 is 2.73 bits per heavy atom. The molecule has 0 saturated heterocycles. The molecule has 2 heterocycles. The number of hydrogen-bond acceptors (Lipinski definition) is 3. The van der Waals surface area contributed by atoms with E-state index in [0.717, 1.165) is 37.5 Å². The maximum atomic E-state index is 6.00. The minimum Gasteiger partial charge on any atom is -0.476 e. The molecule has 1 aromatic heterocycles. The summed E-state index contributed by atoms with van der Waals surface area (Å²) in [7, 11) is 0. The lowest BCUT2D eigenvalue weighted by molar-refractivity contribution is 0.225. The zero-order chi connectivity index (χ0) is 18.1. The highest BCUT2D eigenvalue weighted by Gasteiger charge is 2.18. The normalized spacial score (nSPS) is 14.7. The van der Waals surface area contributed by atoms with Crippen LogP contribution in [0.1, 0.15) is 27.8 Å². The molecule has 0 N–H and O–H groups in total. The van der Waals surface area contributed by atoms with Gasteiger partial charge in [0.1, 0.15) is 6.61 Å². The lowest BCUT2D eigenvalue weighted by atomic mass is 10.0. The summed E-state index contributed by atoms with van der Waals surface area (Å²) < 4.78 is 6.00. The number of pyridine rings is 1. The molecule has 1 aliphatic heterocycles. The van der Waals surface area contributed by atoms with Crippen molar-refractivity contribution in [2.24, 2.45) is 0 Å². The molecule has 0 amide bonds. The van der Waals surface area contributed by atoms with Crippen LogP contribution in [0.15, 0.2) is 42.5 Å². The summed E-state index contributed by atoms with van der Waals surface area (Å²) in [5.41, 5.74) is 7.59. The minimum atomic E-state index is 0.699. The van der Waals surface area contributed by atoms with Gasteiger partial charge in [-0.2, -0.15) is 0 Å². The minimum absolute atomic E-state index is 0.699. The van der Waals surface area contributed by atoms with Crippen LogP contribution in [0, 0.1) is 20.8 Å². The lowest BCUT2D eigenvalue weighted by Crippen LogP contribution is -2.28. The molecule has 26 heavy (non-hydrogen) atoms. The number of hydrogen-bond donors (Lipinski definition) is 0. The first-order chi connectivity index (χ1) is 12.6. The third kappa shape index (κ3) is 3.32. The molecule has 0 unspecified atom stereocenters. The Hall–Kier alpha value is -2.39. The quantitative estimate of drug-likeness (QED) is 0.693. The SMILES string of the molecule is Cc1ccccc1CCN1CCOc2nc3c(C)c(C)ccc3cc2C1. The van der Waals surface area contributed by atoms with E-state index in [1.807, 2.05) is 0 Å². The summed E-state index contributed by atoms with van der Waals surface area (Å²) in [5, 5.41) is 1.20. The molecule has 0 aliphatic carbocycles. The number of nitrogens with zero attached hydrogens (tertiary/aromatic N) is 2. The summed E-state index contributed by atoms with van der Waals surface area (Å²) in [6, 6.07) is 15.3. The predicted molar refractivity (Wildman–Crippen MR) is 107 cm³/mol. The third-order valence-corrected chi connectivity index (χ3v) is 5.55. The number of benzene rings is 2. The molecular formula is C23H26N2O. The van der Waals surface area contributed by atoms with Crippen LogP contribution >= 0.6 is 0 Å². The van der Waals surface area contributed by atoms with E-state index < -0.39 is 0 Å². The van der Waals surface area contributed by atoms with Crippen molar-refractivity contribution in [3.05, 3.63) is 70.3 Å². The fourth-order valence-corrected chi connectivity index (χ4v) is 3.70. The first kappa shape index (κ1) is 17.0. The Labute approximate surface area is 155 Å². The van der Waals surface area contributed by atoms with Gasteiger partial charge in [-0.05, 0) is 55.5 Å². The van der Waals surface area contributed by atoms with Gasteiger partial charge in [0.25, 0.3) is 0 Å². The van der Waals surface area contributed by atoms with Crippen molar-refractivity contribution in [1.82, 2.24) is 9.88 Å². The molecule has 2 aromatic carbocycles. The molecular weight excluding hydrogens is 320 g/mol. The molecule has 0 radical (unpaired) electrons. The van der Waals surface area contributed by atoms with Crippen LogP contribution in [0.3, 0.4) is 0 Å². The lowest BCUT2D eigenvalue weighted by Gasteiger charge is -2.19. The highest BCUT2D eigenvalue weighted by atomic mass is 16.5. The fraction of sp³-hybridized carbons (Fsp3) is 0.348. The van der Waals surface area contributed by atoms with E-state index in [1.165, 1.54) is 33.2 Å². The van der Waals surface area contributed by atoms with Crippen molar-refractivity contribution < 1.29 is 4.74 Å². The van der Waals surface area contributed by atoms with Crippen LogP contribution in [0.5, 0.6) is 5.88 Å². The van der Waals surface area contributed by atoms with Gasteiger partial charge in [-0.3, -0.25) is 4.90 Å². The summed E-state index contributed by atoms with van der Waals surface area (Å²) in [5.74, 6) is 0.810. The van der Waals surface area contributed by atoms with Crippen molar-refractivity contribution in [2.75, 3.05) is 19.7 Å². The summed E-state index contributed by atoms with van der Waals surface area (Å²) in [6.07, 6.45) is 1.07. The van der Waals surface area contributed by atoms with Gasteiger partial charge in [0.15, 0.2) is 0 Å². The van der Waals surface area contributed by atoms with E-state index in [4.69, 9.17) is 9.72 Å². The second kappa shape index (κ2) is 7.08. The summed E-state index contributed by atoms with van der Waals surface area (Å²) in [4.78, 5) is 7.33. The number of aromatic nitrogens is 1. The van der Waals surface area contributed by atoms with Crippen molar-refractivity contribution in [3.63, 3.8) is 0 Å². The van der Waals surface area contributed by atoms with Crippen LogP contribution in [-0.4, -0.2) is 29.6 Å². The first-order valence-electron chi connectivity index (χ1n) is 9.41. The van der Waals surface area contributed by atoms with Gasteiger partial charge in [0.2, 0.25) is 5.88 Å². The zero-order valence-electron chi connectivity index (χ0n) is 15.9. The zero-order valence-corrected chi connectivity index (χ0v) is 15.9. The van der Waals surface area contributed by atoms with Crippen LogP contribution in [0.4, 0.5) is 0 Å². The second-order valence-electron chi connectivity index (χ2n) is 7.33. The third-order valence-electron chi connectivity index (χ3n) is 5.55. The van der Waals surface area contributed by atoms with Crippen LogP contribution in [-0.2, 0) is 13.0 Å². The first-order valence-corrected chi connectivity index (χ1v) is 9.41. The molecule has 0 bridgehead atoms. The Bertz CT molecular complexity index is 948. The molecule has 0 spiro atoms. The van der Waals surface area contributed by atoms with Crippen molar-refractivity contribution in [1.29, 1.82) is 0 Å². The van der Waals surface area contributed by atoms with E-state index in [-0.39, 0.29) is 0 Å². The molecule has 0 saturated carbocycles. The monoisotopic (exact) mass is 346 g/mol. The Morgan fingerprint density at radius 1 is 1.04 bits per heavy atom. The molecule has 3 nitrogen and oxygen atoms in total. The van der Waals surface area contributed by atoms with E-state index in [9.17, 15) is 0 Å². The molecule has 0 atom stereocenters. The molecule has 4 rings (SSSR count). The maximum Gasteiger partial charge on any atom is 0.218 e. The van der Waals surface area contributed by atoms with Gasteiger partial charge in [0, 0.05) is 30.6 Å². The maximum absolute atomic E-state index is 6.00. The molecule has 1 aliphatic rings. The van der Waals surface area contributed by atoms with E-state index in [1.54, 1.807) is 0 Å². The summed E-state index contributed by atoms with van der Waals surface area (Å²) in [6.45, 7) is 10.0. The highest BCUT2D eigenvalue weighted by molar-refractivity contribution is 5.84. The molecule has 3 aromatic rings. The van der Waals surface area contributed by atoms with Gasteiger partial charge in [-0.25, -0.2) is 4.98 Å². The van der Waals surface area contributed by atoms with Crippen molar-refractivity contribution in [3.8, 4) is 5.88 Å². The standard InChI is InChI=1S/C23H26N2O/c1-16-8-9-20-14-21-15-25(11-10-19-7-5-4-6-17(19)2)12-13-26-23(21)24-22(20)18(16)3/h4-9,14H,10-13,15H2,1-3H3. The topological polar surface area (TPSA) is 25.4 Å². The van der Waals surface area contributed by atoms with Gasteiger partial charge >= 0.3 is 0 Å². The Kier molecular flexibility index (Phi) is 4.64. The number of ether oxygens (including phenoxy) is 1. The van der Waals surface area contributed by atoms with Crippen molar-refractivity contribution >= 4 is 10.9 Å². The summed E-state index contributed by atoms with van der Waals surface area (Å²) >= 11 is 0. The average molecular weight is 346 g/mol. The van der Waals surface area contributed by atoms with Crippen molar-refractivity contribution in [2.45, 2.75) is 33.7 Å². The number of fused-ring (bicyclic) bond motifs is 2. The van der Waals surface area contributed by atoms with Crippen LogP contribution in [0.25, 0.3) is 10.9 Å². The number of aryl methyl sites for hydroxylation is 3. The van der Waals surface area contributed by atoms with Gasteiger partial charge in [0.05, 0.1) is 5.52 Å². The molecule has 3 heteroatoms. The van der Waals surface area contributed by atoms with Crippen LogP contribution < -0.4 is 4.74 Å². The predicted octanol–water partition coefficient (Wildman–Crippen LogP) is 4.60.